The Morgan fingerprint density at radius 3 is 3.00 bits per heavy atom. The second kappa shape index (κ2) is 6.36. The van der Waals surface area contributed by atoms with Crippen molar-refractivity contribution in [2.45, 2.75) is 12.8 Å². The largest absolute Gasteiger partial charge is 0.465 e. The Hall–Kier alpha value is -2.11. The molecule has 1 saturated heterocycles. The molecule has 0 aromatic carbocycles. The molecule has 0 bridgehead atoms. The second-order valence-corrected chi connectivity index (χ2v) is 4.79. The second-order valence-electron chi connectivity index (χ2n) is 4.79. The molecule has 6 heteroatoms. The number of ether oxygens (including phenoxy) is 1. The van der Waals surface area contributed by atoms with Gasteiger partial charge < -0.3 is 15.0 Å². The minimum Gasteiger partial charge on any atom is -0.465 e. The van der Waals surface area contributed by atoms with Gasteiger partial charge >= 0.3 is 5.97 Å². The van der Waals surface area contributed by atoms with E-state index in [2.05, 4.69) is 10.3 Å². The van der Waals surface area contributed by atoms with Crippen molar-refractivity contribution in [3.8, 4) is 0 Å². The lowest BCUT2D eigenvalue weighted by Gasteiger charge is -2.32. The first-order valence-corrected chi connectivity index (χ1v) is 6.66. The summed E-state index contributed by atoms with van der Waals surface area (Å²) in [6.07, 6.45) is 3.40. The van der Waals surface area contributed by atoms with E-state index in [1.165, 1.54) is 7.11 Å². The van der Waals surface area contributed by atoms with Crippen molar-refractivity contribution in [1.29, 1.82) is 0 Å². The summed E-state index contributed by atoms with van der Waals surface area (Å²) in [5.41, 5.74) is 0.472. The first-order valence-electron chi connectivity index (χ1n) is 6.66. The van der Waals surface area contributed by atoms with E-state index in [9.17, 15) is 9.59 Å². The molecule has 1 amide bonds. The molecule has 1 fully saturated rings. The summed E-state index contributed by atoms with van der Waals surface area (Å²) in [5, 5.41) is 2.69. The molecular weight excluding hydrogens is 258 g/mol. The quantitative estimate of drug-likeness (QED) is 0.829. The van der Waals surface area contributed by atoms with E-state index < -0.39 is 0 Å². The van der Waals surface area contributed by atoms with Gasteiger partial charge in [0.25, 0.3) is 0 Å². The number of rotatable bonds is 3. The third-order valence-corrected chi connectivity index (χ3v) is 3.53. The fourth-order valence-electron chi connectivity index (χ4n) is 2.44. The van der Waals surface area contributed by atoms with Crippen molar-refractivity contribution in [2.24, 2.45) is 5.92 Å². The fourth-order valence-corrected chi connectivity index (χ4v) is 2.44. The maximum atomic E-state index is 11.7. The number of carbonyl (C=O) groups is 2. The summed E-state index contributed by atoms with van der Waals surface area (Å²) in [6, 6.07) is 3.33. The summed E-state index contributed by atoms with van der Waals surface area (Å²) in [6.45, 7) is 1.46. The molecule has 1 atom stereocenters. The molecule has 20 heavy (non-hydrogen) atoms. The van der Waals surface area contributed by atoms with Crippen molar-refractivity contribution < 1.29 is 14.3 Å². The highest BCUT2D eigenvalue weighted by atomic mass is 16.5. The lowest BCUT2D eigenvalue weighted by atomic mass is 9.97. The summed E-state index contributed by atoms with van der Waals surface area (Å²) in [5.74, 6) is 0.353. The summed E-state index contributed by atoms with van der Waals surface area (Å²) in [4.78, 5) is 29.6. The number of methoxy groups -OCH3 is 1. The van der Waals surface area contributed by atoms with Gasteiger partial charge in [0, 0.05) is 26.3 Å². The molecule has 1 aromatic rings. The van der Waals surface area contributed by atoms with Gasteiger partial charge in [0.15, 0.2) is 0 Å². The predicted octanol–water partition coefficient (Wildman–Crippen LogP) is 0.831. The molecule has 0 aliphatic carbocycles. The Balaban J connectivity index is 2.14. The lowest BCUT2D eigenvalue weighted by Crippen LogP contribution is -2.42. The number of amides is 1. The van der Waals surface area contributed by atoms with Crippen LogP contribution in [-0.4, -0.2) is 44.1 Å². The van der Waals surface area contributed by atoms with Crippen LogP contribution in [0.3, 0.4) is 0 Å². The number of pyridine rings is 1. The van der Waals surface area contributed by atoms with Crippen LogP contribution in [0, 0.1) is 5.92 Å². The summed E-state index contributed by atoms with van der Waals surface area (Å²) in [7, 11) is 3.00. The molecule has 0 radical (unpaired) electrons. The SMILES string of the molecule is CNC(=O)C1CCCN(c2cc(C(=O)OC)ccn2)C1. The standard InChI is InChI=1S/C14H19N3O3/c1-15-13(18)11-4-3-7-17(9-11)12-8-10(5-6-16-12)14(19)20-2/h5-6,8,11H,3-4,7,9H2,1-2H3,(H,15,18). The number of anilines is 1. The van der Waals surface area contributed by atoms with E-state index in [1.54, 1.807) is 25.4 Å². The Labute approximate surface area is 118 Å². The van der Waals surface area contributed by atoms with Gasteiger partial charge in [-0.3, -0.25) is 4.79 Å². The van der Waals surface area contributed by atoms with Gasteiger partial charge in [0.2, 0.25) is 5.91 Å². The van der Waals surface area contributed by atoms with Gasteiger partial charge in [-0.05, 0) is 25.0 Å². The zero-order valence-electron chi connectivity index (χ0n) is 11.8. The van der Waals surface area contributed by atoms with E-state index in [1.807, 2.05) is 4.90 Å². The normalized spacial score (nSPS) is 18.5. The minimum absolute atomic E-state index is 0.0302. The molecule has 1 unspecified atom stereocenters. The van der Waals surface area contributed by atoms with Crippen molar-refractivity contribution >= 4 is 17.7 Å². The predicted molar refractivity (Wildman–Crippen MR) is 74.6 cm³/mol. The topological polar surface area (TPSA) is 71.5 Å². The highest BCUT2D eigenvalue weighted by molar-refractivity contribution is 5.90. The number of hydrogen-bond donors (Lipinski definition) is 1. The molecule has 1 N–H and O–H groups in total. The van der Waals surface area contributed by atoms with Gasteiger partial charge in [-0.15, -0.1) is 0 Å². The molecule has 0 spiro atoms. The van der Waals surface area contributed by atoms with Crippen LogP contribution in [-0.2, 0) is 9.53 Å². The molecule has 2 heterocycles. The van der Waals surface area contributed by atoms with Gasteiger partial charge in [-0.1, -0.05) is 0 Å². The molecule has 2 rings (SSSR count). The molecule has 0 saturated carbocycles. The third kappa shape index (κ3) is 3.07. The van der Waals surface area contributed by atoms with E-state index in [0.717, 1.165) is 19.4 Å². The van der Waals surface area contributed by atoms with E-state index in [0.29, 0.717) is 17.9 Å². The van der Waals surface area contributed by atoms with Gasteiger partial charge in [-0.2, -0.15) is 0 Å². The van der Waals surface area contributed by atoms with Crippen molar-refractivity contribution in [1.82, 2.24) is 10.3 Å². The number of nitrogens with zero attached hydrogens (tertiary/aromatic N) is 2. The first kappa shape index (κ1) is 14.3. The van der Waals surface area contributed by atoms with E-state index >= 15 is 0 Å². The van der Waals surface area contributed by atoms with Crippen LogP contribution < -0.4 is 10.2 Å². The molecule has 1 aliphatic heterocycles. The zero-order chi connectivity index (χ0) is 14.5. The van der Waals surface area contributed by atoms with Crippen LogP contribution in [0.1, 0.15) is 23.2 Å². The Kier molecular flexibility index (Phi) is 4.55. The number of hydrogen-bond acceptors (Lipinski definition) is 5. The maximum absolute atomic E-state index is 11.7. The van der Waals surface area contributed by atoms with Crippen LogP contribution in [0.25, 0.3) is 0 Å². The molecule has 108 valence electrons. The number of nitrogens with one attached hydrogen (secondary N) is 1. The molecule has 1 aliphatic rings. The third-order valence-electron chi connectivity index (χ3n) is 3.53. The monoisotopic (exact) mass is 277 g/mol. The zero-order valence-corrected chi connectivity index (χ0v) is 11.8. The van der Waals surface area contributed by atoms with Crippen LogP contribution in [0.15, 0.2) is 18.3 Å². The maximum Gasteiger partial charge on any atom is 0.338 e. The van der Waals surface area contributed by atoms with Crippen molar-refractivity contribution in [3.63, 3.8) is 0 Å². The average Bonchev–Trinajstić information content (AvgIpc) is 2.53. The smallest absolute Gasteiger partial charge is 0.338 e. The first-order chi connectivity index (χ1) is 9.65. The highest BCUT2D eigenvalue weighted by Gasteiger charge is 2.26. The van der Waals surface area contributed by atoms with Crippen LogP contribution >= 0.6 is 0 Å². The Morgan fingerprint density at radius 2 is 2.30 bits per heavy atom. The van der Waals surface area contributed by atoms with Crippen LogP contribution in [0.2, 0.25) is 0 Å². The summed E-state index contributed by atoms with van der Waals surface area (Å²) >= 11 is 0. The summed E-state index contributed by atoms with van der Waals surface area (Å²) < 4.78 is 4.71. The van der Waals surface area contributed by atoms with Crippen molar-refractivity contribution in [2.75, 3.05) is 32.1 Å². The van der Waals surface area contributed by atoms with Crippen molar-refractivity contribution in [3.05, 3.63) is 23.9 Å². The number of piperidine rings is 1. The average molecular weight is 277 g/mol. The lowest BCUT2D eigenvalue weighted by molar-refractivity contribution is -0.124. The van der Waals surface area contributed by atoms with Crippen LogP contribution in [0.4, 0.5) is 5.82 Å². The number of aromatic nitrogens is 1. The fraction of sp³-hybridized carbons (Fsp3) is 0.500. The van der Waals surface area contributed by atoms with E-state index in [-0.39, 0.29) is 17.8 Å². The number of carbonyl (C=O) groups excluding carboxylic acids is 2. The highest BCUT2D eigenvalue weighted by Crippen LogP contribution is 2.22. The molecular formula is C14H19N3O3. The van der Waals surface area contributed by atoms with Gasteiger partial charge in [0.1, 0.15) is 5.82 Å². The van der Waals surface area contributed by atoms with Crippen LogP contribution in [0.5, 0.6) is 0 Å². The van der Waals surface area contributed by atoms with Gasteiger partial charge in [-0.25, -0.2) is 9.78 Å². The Morgan fingerprint density at radius 1 is 1.50 bits per heavy atom. The van der Waals surface area contributed by atoms with Gasteiger partial charge in [0.05, 0.1) is 18.6 Å². The minimum atomic E-state index is -0.381. The number of esters is 1. The Bertz CT molecular complexity index is 504. The van der Waals surface area contributed by atoms with E-state index in [4.69, 9.17) is 4.74 Å². The molecule has 1 aromatic heterocycles. The molecule has 6 nitrogen and oxygen atoms in total.